The summed E-state index contributed by atoms with van der Waals surface area (Å²) in [5.41, 5.74) is 0.684. The Hall–Kier alpha value is -1.45. The van der Waals surface area contributed by atoms with Crippen LogP contribution < -0.4 is 0 Å². The van der Waals surface area contributed by atoms with Crippen LogP contribution >= 0.6 is 0 Å². The molecule has 0 bridgehead atoms. The summed E-state index contributed by atoms with van der Waals surface area (Å²) in [5, 5.41) is 12.5. The molecule has 1 atom stereocenters. The van der Waals surface area contributed by atoms with Gasteiger partial charge in [-0.05, 0) is 32.1 Å². The third-order valence-electron chi connectivity index (χ3n) is 3.63. The van der Waals surface area contributed by atoms with Crippen molar-refractivity contribution >= 4 is 10.8 Å². The first-order chi connectivity index (χ1) is 9.03. The Balaban J connectivity index is 2.20. The van der Waals surface area contributed by atoms with Crippen LogP contribution in [-0.4, -0.2) is 22.8 Å². The highest BCUT2D eigenvalue weighted by Gasteiger charge is 2.20. The van der Waals surface area contributed by atoms with Gasteiger partial charge in [0.15, 0.2) is 0 Å². The molecule has 0 aliphatic heterocycles. The van der Waals surface area contributed by atoms with E-state index in [9.17, 15) is 5.11 Å². The van der Waals surface area contributed by atoms with Gasteiger partial charge >= 0.3 is 0 Å². The zero-order chi connectivity index (χ0) is 13.9. The molecule has 19 heavy (non-hydrogen) atoms. The number of aliphatic hydroxyl groups excluding tert-OH is 1. The fourth-order valence-corrected chi connectivity index (χ4v) is 2.15. The van der Waals surface area contributed by atoms with E-state index in [2.05, 4.69) is 4.98 Å². The quantitative estimate of drug-likeness (QED) is 0.894. The van der Waals surface area contributed by atoms with Crippen molar-refractivity contribution in [1.82, 2.24) is 4.98 Å². The van der Waals surface area contributed by atoms with E-state index in [1.165, 1.54) is 0 Å². The molecular formula is C16H21NO2. The lowest BCUT2D eigenvalue weighted by Gasteiger charge is -2.24. The number of aromatic nitrogens is 1. The van der Waals surface area contributed by atoms with E-state index >= 15 is 0 Å². The van der Waals surface area contributed by atoms with Gasteiger partial charge in [0.2, 0.25) is 0 Å². The molecule has 0 spiro atoms. The largest absolute Gasteiger partial charge is 0.388 e. The lowest BCUT2D eigenvalue weighted by atomic mass is 9.95. The van der Waals surface area contributed by atoms with E-state index in [1.54, 1.807) is 13.3 Å². The van der Waals surface area contributed by atoms with Gasteiger partial charge in [-0.15, -0.1) is 0 Å². The van der Waals surface area contributed by atoms with Crippen LogP contribution in [0.3, 0.4) is 0 Å². The lowest BCUT2D eigenvalue weighted by Crippen LogP contribution is -2.23. The normalized spacial score (nSPS) is 13.7. The molecule has 0 aliphatic carbocycles. The van der Waals surface area contributed by atoms with Gasteiger partial charge in [-0.2, -0.15) is 0 Å². The molecule has 1 heterocycles. The van der Waals surface area contributed by atoms with Crippen molar-refractivity contribution in [3.63, 3.8) is 0 Å². The second kappa shape index (κ2) is 5.68. The second-order valence-electron chi connectivity index (χ2n) is 5.47. The maximum atomic E-state index is 10.4. The van der Waals surface area contributed by atoms with Gasteiger partial charge in [-0.1, -0.05) is 24.3 Å². The van der Waals surface area contributed by atoms with Crippen LogP contribution in [0.5, 0.6) is 0 Å². The summed E-state index contributed by atoms with van der Waals surface area (Å²) in [4.78, 5) is 4.21. The van der Waals surface area contributed by atoms with E-state index < -0.39 is 6.10 Å². The molecule has 2 rings (SSSR count). The molecule has 0 saturated heterocycles. The summed E-state index contributed by atoms with van der Waals surface area (Å²) in [6, 6.07) is 8.00. The average Bonchev–Trinajstić information content (AvgIpc) is 2.44. The fourth-order valence-electron chi connectivity index (χ4n) is 2.15. The molecule has 0 fully saturated rings. The molecule has 1 unspecified atom stereocenters. The molecule has 3 nitrogen and oxygen atoms in total. The monoisotopic (exact) mass is 259 g/mol. The number of pyridine rings is 1. The van der Waals surface area contributed by atoms with Crippen LogP contribution in [0.2, 0.25) is 0 Å². The van der Waals surface area contributed by atoms with Crippen molar-refractivity contribution in [2.45, 2.75) is 38.4 Å². The smallest absolute Gasteiger partial charge is 0.0812 e. The average molecular weight is 259 g/mol. The van der Waals surface area contributed by atoms with Crippen LogP contribution in [0.25, 0.3) is 10.8 Å². The molecule has 0 radical (unpaired) electrons. The molecule has 0 aliphatic rings. The molecule has 2 aromatic rings. The van der Waals surface area contributed by atoms with Crippen molar-refractivity contribution in [3.8, 4) is 0 Å². The number of hydrogen-bond donors (Lipinski definition) is 1. The number of fused-ring (bicyclic) bond motifs is 1. The number of nitrogens with zero attached hydrogens (tertiary/aromatic N) is 1. The first-order valence-electron chi connectivity index (χ1n) is 6.59. The Kier molecular flexibility index (Phi) is 4.17. The minimum Gasteiger partial charge on any atom is -0.388 e. The zero-order valence-electron chi connectivity index (χ0n) is 11.8. The van der Waals surface area contributed by atoms with Crippen molar-refractivity contribution in [3.05, 3.63) is 42.2 Å². The van der Waals surface area contributed by atoms with Gasteiger partial charge in [0.25, 0.3) is 0 Å². The van der Waals surface area contributed by atoms with Gasteiger partial charge < -0.3 is 9.84 Å². The van der Waals surface area contributed by atoms with Crippen molar-refractivity contribution < 1.29 is 9.84 Å². The highest BCUT2D eigenvalue weighted by atomic mass is 16.5. The van der Waals surface area contributed by atoms with E-state index in [-0.39, 0.29) is 5.60 Å². The van der Waals surface area contributed by atoms with Crippen molar-refractivity contribution in [1.29, 1.82) is 0 Å². The van der Waals surface area contributed by atoms with Gasteiger partial charge in [0.1, 0.15) is 0 Å². The molecule has 1 aromatic heterocycles. The molecule has 1 aromatic carbocycles. The third-order valence-corrected chi connectivity index (χ3v) is 3.63. The van der Waals surface area contributed by atoms with E-state index in [1.807, 2.05) is 44.3 Å². The standard InChI is InChI=1S/C16H21NO2/c1-16(2,19-3)9-8-15(18)14-11-17-10-12-6-4-5-7-13(12)14/h4-7,10-11,15,18H,8-9H2,1-3H3. The summed E-state index contributed by atoms with van der Waals surface area (Å²) < 4.78 is 5.38. The zero-order valence-corrected chi connectivity index (χ0v) is 11.8. The predicted octanol–water partition coefficient (Wildman–Crippen LogP) is 3.47. The Morgan fingerprint density at radius 2 is 2.00 bits per heavy atom. The van der Waals surface area contributed by atoms with Gasteiger partial charge in [-0.3, -0.25) is 4.98 Å². The number of rotatable bonds is 5. The minimum absolute atomic E-state index is 0.209. The summed E-state index contributed by atoms with van der Waals surface area (Å²) in [7, 11) is 1.70. The molecular weight excluding hydrogens is 238 g/mol. The van der Waals surface area contributed by atoms with Crippen molar-refractivity contribution in [2.75, 3.05) is 7.11 Å². The molecule has 0 amide bonds. The predicted molar refractivity (Wildman–Crippen MR) is 77.0 cm³/mol. The van der Waals surface area contributed by atoms with E-state index in [4.69, 9.17) is 4.74 Å². The number of benzene rings is 1. The summed E-state index contributed by atoms with van der Waals surface area (Å²) >= 11 is 0. The second-order valence-corrected chi connectivity index (χ2v) is 5.47. The lowest BCUT2D eigenvalue weighted by molar-refractivity contribution is 0.00288. The van der Waals surface area contributed by atoms with Crippen LogP contribution in [0.1, 0.15) is 38.4 Å². The maximum absolute atomic E-state index is 10.4. The molecule has 3 heteroatoms. The fraction of sp³-hybridized carbons (Fsp3) is 0.438. The Labute approximate surface area is 114 Å². The topological polar surface area (TPSA) is 42.4 Å². The summed E-state index contributed by atoms with van der Waals surface area (Å²) in [6.07, 6.45) is 4.54. The van der Waals surface area contributed by atoms with Gasteiger partial charge in [0.05, 0.1) is 11.7 Å². The molecule has 0 saturated carbocycles. The van der Waals surface area contributed by atoms with Gasteiger partial charge in [0, 0.05) is 30.5 Å². The molecule has 1 N–H and O–H groups in total. The van der Waals surface area contributed by atoms with E-state index in [0.717, 1.165) is 22.8 Å². The van der Waals surface area contributed by atoms with Crippen LogP contribution in [0.4, 0.5) is 0 Å². The number of methoxy groups -OCH3 is 1. The number of hydrogen-bond acceptors (Lipinski definition) is 3. The van der Waals surface area contributed by atoms with Crippen LogP contribution in [0, 0.1) is 0 Å². The number of ether oxygens (including phenoxy) is 1. The minimum atomic E-state index is -0.506. The Morgan fingerprint density at radius 1 is 1.26 bits per heavy atom. The Morgan fingerprint density at radius 3 is 2.74 bits per heavy atom. The first-order valence-corrected chi connectivity index (χ1v) is 6.59. The number of aliphatic hydroxyl groups is 1. The van der Waals surface area contributed by atoms with Crippen LogP contribution in [0.15, 0.2) is 36.7 Å². The maximum Gasteiger partial charge on any atom is 0.0812 e. The summed E-state index contributed by atoms with van der Waals surface area (Å²) in [6.45, 7) is 4.06. The van der Waals surface area contributed by atoms with Gasteiger partial charge in [-0.25, -0.2) is 0 Å². The SMILES string of the molecule is COC(C)(C)CCC(O)c1cncc2ccccc12. The van der Waals surface area contributed by atoms with Crippen LogP contribution in [-0.2, 0) is 4.74 Å². The highest BCUT2D eigenvalue weighted by molar-refractivity contribution is 5.84. The summed E-state index contributed by atoms with van der Waals surface area (Å²) in [5.74, 6) is 0. The first kappa shape index (κ1) is 14.0. The highest BCUT2D eigenvalue weighted by Crippen LogP contribution is 2.28. The van der Waals surface area contributed by atoms with E-state index in [0.29, 0.717) is 6.42 Å². The third kappa shape index (κ3) is 3.31. The van der Waals surface area contributed by atoms with Crippen molar-refractivity contribution in [2.24, 2.45) is 0 Å². The molecule has 102 valence electrons. The Bertz CT molecular complexity index is 546.